The van der Waals surface area contributed by atoms with Crippen molar-refractivity contribution in [1.29, 1.82) is 0 Å². The smallest absolute Gasteiger partial charge is 0.0531 e. The minimum absolute atomic E-state index is 0.0363. The average molecular weight is 153 g/mol. The topological polar surface area (TPSA) is 0 Å². The van der Waals surface area contributed by atoms with Gasteiger partial charge in [-0.05, 0) is 13.3 Å². The second-order valence-electron chi connectivity index (χ2n) is 1.72. The van der Waals surface area contributed by atoms with Crippen molar-refractivity contribution >= 4 is 23.2 Å². The van der Waals surface area contributed by atoms with Crippen LogP contribution in [0, 0.1) is 0 Å². The number of halogens is 2. The van der Waals surface area contributed by atoms with Crippen molar-refractivity contribution in [2.24, 2.45) is 0 Å². The Bertz CT molecular complexity index is 68.9. The predicted octanol–water partition coefficient (Wildman–Crippen LogP) is 2.80. The molecule has 0 fully saturated rings. The first kappa shape index (κ1) is 8.32. The quantitative estimate of drug-likeness (QED) is 0.432. The highest BCUT2D eigenvalue weighted by Gasteiger charge is 2.07. The van der Waals surface area contributed by atoms with Crippen molar-refractivity contribution in [3.05, 3.63) is 12.7 Å². The van der Waals surface area contributed by atoms with E-state index in [9.17, 15) is 0 Å². The summed E-state index contributed by atoms with van der Waals surface area (Å²) in [5.41, 5.74) is 0. The van der Waals surface area contributed by atoms with Gasteiger partial charge in [0, 0.05) is 5.38 Å². The van der Waals surface area contributed by atoms with Gasteiger partial charge in [0.15, 0.2) is 0 Å². The van der Waals surface area contributed by atoms with E-state index in [1.807, 2.05) is 6.92 Å². The third-order valence-corrected chi connectivity index (χ3v) is 1.88. The number of allylic oxidation sites excluding steroid dienone is 1. The first-order valence-electron chi connectivity index (χ1n) is 2.57. The summed E-state index contributed by atoms with van der Waals surface area (Å²) in [6, 6.07) is 0. The maximum Gasteiger partial charge on any atom is 0.0531 e. The van der Waals surface area contributed by atoms with E-state index in [0.29, 0.717) is 0 Å². The molecule has 0 heterocycles. The molecule has 0 aliphatic carbocycles. The van der Waals surface area contributed by atoms with Crippen LogP contribution < -0.4 is 0 Å². The van der Waals surface area contributed by atoms with Crippen LogP contribution in [0.5, 0.6) is 0 Å². The average Bonchev–Trinajstić information content (AvgIpc) is 1.67. The Labute approximate surface area is 60.5 Å². The fraction of sp³-hybridized carbons (Fsp3) is 0.667. The van der Waals surface area contributed by atoms with Crippen molar-refractivity contribution < 1.29 is 0 Å². The standard InChI is InChI=1S/C6H10Cl2/c1-3-4-6(8)5(2)7/h3,5-6H,1,4H2,2H3. The minimum atomic E-state index is 0.0363. The Balaban J connectivity index is 3.30. The highest BCUT2D eigenvalue weighted by molar-refractivity contribution is 6.29. The summed E-state index contributed by atoms with van der Waals surface area (Å²) < 4.78 is 0. The van der Waals surface area contributed by atoms with Crippen molar-refractivity contribution in [3.63, 3.8) is 0 Å². The molecule has 0 N–H and O–H groups in total. The SMILES string of the molecule is C=CCC(Cl)C(C)Cl. The molecule has 0 bridgehead atoms. The molecule has 0 aliphatic heterocycles. The number of hydrogen-bond donors (Lipinski definition) is 0. The highest BCUT2D eigenvalue weighted by atomic mass is 35.5. The Hall–Kier alpha value is 0.320. The van der Waals surface area contributed by atoms with Gasteiger partial charge in [-0.15, -0.1) is 29.8 Å². The molecule has 0 nitrogen and oxygen atoms in total. The zero-order valence-electron chi connectivity index (χ0n) is 4.90. The molecule has 0 amide bonds. The lowest BCUT2D eigenvalue weighted by Gasteiger charge is -2.06. The third-order valence-electron chi connectivity index (χ3n) is 0.890. The molecule has 0 aliphatic rings. The molecule has 2 atom stereocenters. The van der Waals surface area contributed by atoms with Crippen molar-refractivity contribution in [2.75, 3.05) is 0 Å². The van der Waals surface area contributed by atoms with E-state index in [0.717, 1.165) is 6.42 Å². The van der Waals surface area contributed by atoms with Gasteiger partial charge in [0.05, 0.1) is 5.38 Å². The first-order valence-corrected chi connectivity index (χ1v) is 3.44. The molecule has 0 aromatic heterocycles. The second kappa shape index (κ2) is 4.22. The fourth-order valence-corrected chi connectivity index (χ4v) is 0.576. The van der Waals surface area contributed by atoms with Crippen LogP contribution in [0.1, 0.15) is 13.3 Å². The van der Waals surface area contributed by atoms with Crippen LogP contribution in [-0.4, -0.2) is 10.8 Å². The molecule has 0 saturated carbocycles. The van der Waals surface area contributed by atoms with E-state index < -0.39 is 0 Å². The van der Waals surface area contributed by atoms with Crippen LogP contribution in [-0.2, 0) is 0 Å². The summed E-state index contributed by atoms with van der Waals surface area (Å²) in [5, 5.41) is 0.0730. The van der Waals surface area contributed by atoms with Crippen molar-refractivity contribution in [1.82, 2.24) is 0 Å². The van der Waals surface area contributed by atoms with E-state index in [1.54, 1.807) is 6.08 Å². The lowest BCUT2D eigenvalue weighted by atomic mass is 10.2. The molecule has 0 radical (unpaired) electrons. The van der Waals surface area contributed by atoms with Gasteiger partial charge < -0.3 is 0 Å². The number of alkyl halides is 2. The summed E-state index contributed by atoms with van der Waals surface area (Å²) in [6.45, 7) is 5.42. The highest BCUT2D eigenvalue weighted by Crippen LogP contribution is 2.12. The molecule has 0 saturated heterocycles. The molecular formula is C6H10Cl2. The summed E-state index contributed by atoms with van der Waals surface area (Å²) in [6.07, 6.45) is 2.56. The summed E-state index contributed by atoms with van der Waals surface area (Å²) in [4.78, 5) is 0. The van der Waals surface area contributed by atoms with Gasteiger partial charge in [-0.1, -0.05) is 6.08 Å². The Morgan fingerprint density at radius 2 is 2.12 bits per heavy atom. The summed E-state index contributed by atoms with van der Waals surface area (Å²) >= 11 is 11.3. The fourth-order valence-electron chi connectivity index (χ4n) is 0.347. The molecule has 48 valence electrons. The van der Waals surface area contributed by atoms with Gasteiger partial charge in [-0.3, -0.25) is 0 Å². The van der Waals surface area contributed by atoms with Crippen LogP contribution in [0.2, 0.25) is 0 Å². The van der Waals surface area contributed by atoms with E-state index in [1.165, 1.54) is 0 Å². The summed E-state index contributed by atoms with van der Waals surface area (Å²) in [5.74, 6) is 0. The maximum atomic E-state index is 5.71. The van der Waals surface area contributed by atoms with Crippen molar-refractivity contribution in [3.8, 4) is 0 Å². The van der Waals surface area contributed by atoms with E-state index >= 15 is 0 Å². The Morgan fingerprint density at radius 3 is 2.25 bits per heavy atom. The molecule has 2 unspecified atom stereocenters. The molecule has 0 aromatic rings. The van der Waals surface area contributed by atoms with E-state index in [2.05, 4.69) is 6.58 Å². The van der Waals surface area contributed by atoms with Gasteiger partial charge in [-0.2, -0.15) is 0 Å². The predicted molar refractivity (Wildman–Crippen MR) is 39.8 cm³/mol. The Morgan fingerprint density at radius 1 is 1.62 bits per heavy atom. The van der Waals surface area contributed by atoms with Gasteiger partial charge >= 0.3 is 0 Å². The first-order chi connectivity index (χ1) is 3.68. The normalized spacial score (nSPS) is 17.4. The van der Waals surface area contributed by atoms with Crippen LogP contribution in [0.15, 0.2) is 12.7 Å². The van der Waals surface area contributed by atoms with Crippen LogP contribution >= 0.6 is 23.2 Å². The van der Waals surface area contributed by atoms with Gasteiger partial charge in [0.2, 0.25) is 0 Å². The molecule has 8 heavy (non-hydrogen) atoms. The van der Waals surface area contributed by atoms with Crippen LogP contribution in [0.3, 0.4) is 0 Å². The largest absolute Gasteiger partial charge is 0.122 e. The van der Waals surface area contributed by atoms with Gasteiger partial charge in [0.25, 0.3) is 0 Å². The van der Waals surface area contributed by atoms with Crippen LogP contribution in [0.25, 0.3) is 0 Å². The zero-order valence-corrected chi connectivity index (χ0v) is 6.41. The molecule has 0 aromatic carbocycles. The van der Waals surface area contributed by atoms with Gasteiger partial charge in [-0.25, -0.2) is 0 Å². The minimum Gasteiger partial charge on any atom is -0.122 e. The molecule has 0 spiro atoms. The lowest BCUT2D eigenvalue weighted by Crippen LogP contribution is -2.08. The monoisotopic (exact) mass is 152 g/mol. The van der Waals surface area contributed by atoms with E-state index in [-0.39, 0.29) is 10.8 Å². The zero-order chi connectivity index (χ0) is 6.57. The van der Waals surface area contributed by atoms with Crippen LogP contribution in [0.4, 0.5) is 0 Å². The number of hydrogen-bond acceptors (Lipinski definition) is 0. The lowest BCUT2D eigenvalue weighted by molar-refractivity contribution is 0.835. The third kappa shape index (κ3) is 3.34. The molecule has 0 rings (SSSR count). The Kier molecular flexibility index (Phi) is 4.39. The van der Waals surface area contributed by atoms with Crippen molar-refractivity contribution in [2.45, 2.75) is 24.1 Å². The maximum absolute atomic E-state index is 5.71. The second-order valence-corrected chi connectivity index (χ2v) is 2.97. The van der Waals surface area contributed by atoms with E-state index in [4.69, 9.17) is 23.2 Å². The molecule has 2 heteroatoms. The molecular weight excluding hydrogens is 143 g/mol. The van der Waals surface area contributed by atoms with Gasteiger partial charge in [0.1, 0.15) is 0 Å². The number of rotatable bonds is 3. The summed E-state index contributed by atoms with van der Waals surface area (Å²) in [7, 11) is 0.